The van der Waals surface area contributed by atoms with Crippen LogP contribution in [-0.4, -0.2) is 27.5 Å². The summed E-state index contributed by atoms with van der Waals surface area (Å²) in [6, 6.07) is 8.80. The molecule has 1 aromatic carbocycles. The normalized spacial score (nSPS) is 19.5. The van der Waals surface area contributed by atoms with E-state index in [0.717, 1.165) is 10.6 Å². The van der Waals surface area contributed by atoms with Crippen molar-refractivity contribution < 1.29 is 18.0 Å². The Labute approximate surface area is 119 Å². The molecule has 3 rings (SSSR count). The molecule has 0 spiro atoms. The summed E-state index contributed by atoms with van der Waals surface area (Å²) in [4.78, 5) is 8.36. The fourth-order valence-corrected chi connectivity index (χ4v) is 2.57. The van der Waals surface area contributed by atoms with E-state index in [4.69, 9.17) is 0 Å². The lowest BCUT2D eigenvalue weighted by atomic mass is 10.0. The van der Waals surface area contributed by atoms with Crippen LogP contribution in [0.4, 0.5) is 13.2 Å². The van der Waals surface area contributed by atoms with E-state index >= 15 is 0 Å². The van der Waals surface area contributed by atoms with Crippen LogP contribution >= 0.6 is 0 Å². The first-order valence-corrected chi connectivity index (χ1v) is 6.60. The Morgan fingerprint density at radius 3 is 2.67 bits per heavy atom. The minimum absolute atomic E-state index is 0.167. The predicted octanol–water partition coefficient (Wildman–Crippen LogP) is 2.93. The highest BCUT2D eigenvalue weighted by molar-refractivity contribution is 5.18. The molecule has 2 aromatic rings. The number of alkyl halides is 3. The van der Waals surface area contributed by atoms with Gasteiger partial charge in [0.15, 0.2) is 0 Å². The molecule has 1 atom stereocenters. The molecule has 112 valence electrons. The molecule has 0 N–H and O–H groups in total. The molecular formula is C14H14F3N3O. The molecule has 0 aliphatic carbocycles. The highest BCUT2D eigenvalue weighted by Gasteiger charge is 2.39. The van der Waals surface area contributed by atoms with Crippen molar-refractivity contribution in [1.29, 1.82) is 0 Å². The lowest BCUT2D eigenvalue weighted by Gasteiger charge is -2.35. The quantitative estimate of drug-likeness (QED) is 0.872. The van der Waals surface area contributed by atoms with Gasteiger partial charge in [-0.1, -0.05) is 30.3 Å². The Bertz CT molecular complexity index is 597. The number of hydroxylamine groups is 2. The van der Waals surface area contributed by atoms with Crippen molar-refractivity contribution in [2.75, 3.05) is 6.54 Å². The lowest BCUT2D eigenvalue weighted by Crippen LogP contribution is -2.42. The monoisotopic (exact) mass is 297 g/mol. The zero-order valence-electron chi connectivity index (χ0n) is 11.1. The van der Waals surface area contributed by atoms with Crippen LogP contribution < -0.4 is 0 Å². The molecule has 0 amide bonds. The van der Waals surface area contributed by atoms with Crippen molar-refractivity contribution in [1.82, 2.24) is 14.6 Å². The molecule has 2 heterocycles. The fourth-order valence-electron chi connectivity index (χ4n) is 2.57. The number of hydrogen-bond donors (Lipinski definition) is 0. The number of hydrogen-bond acceptors (Lipinski definition) is 3. The molecule has 0 saturated heterocycles. The second-order valence-electron chi connectivity index (χ2n) is 4.86. The zero-order chi connectivity index (χ0) is 14.9. The van der Waals surface area contributed by atoms with Crippen LogP contribution in [0, 0.1) is 0 Å². The molecule has 1 unspecified atom stereocenters. The Morgan fingerprint density at radius 1 is 1.19 bits per heavy atom. The maximum atomic E-state index is 12.6. The third-order valence-corrected chi connectivity index (χ3v) is 3.45. The van der Waals surface area contributed by atoms with E-state index in [0.29, 0.717) is 18.8 Å². The topological polar surface area (TPSA) is 30.3 Å². The summed E-state index contributed by atoms with van der Waals surface area (Å²) in [5.41, 5.74) is 0.940. The van der Waals surface area contributed by atoms with Crippen LogP contribution in [0.25, 0.3) is 0 Å². The molecule has 7 heteroatoms. The number of rotatable bonds is 3. The third kappa shape index (κ3) is 3.25. The molecule has 4 nitrogen and oxygen atoms in total. The van der Waals surface area contributed by atoms with Crippen molar-refractivity contribution in [2.45, 2.75) is 25.4 Å². The van der Waals surface area contributed by atoms with E-state index in [-0.39, 0.29) is 6.54 Å². The average molecular weight is 297 g/mol. The molecule has 0 bridgehead atoms. The Morgan fingerprint density at radius 2 is 1.95 bits per heavy atom. The fraction of sp³-hybridized carbons (Fsp3) is 0.357. The van der Waals surface area contributed by atoms with Gasteiger partial charge in [0.25, 0.3) is 0 Å². The Balaban J connectivity index is 1.87. The summed E-state index contributed by atoms with van der Waals surface area (Å²) in [6.45, 7) is 0.594. The van der Waals surface area contributed by atoms with E-state index < -0.39 is 12.4 Å². The first-order chi connectivity index (χ1) is 10.0. The van der Waals surface area contributed by atoms with Crippen LogP contribution in [-0.2, 0) is 17.8 Å². The first-order valence-electron chi connectivity index (χ1n) is 6.60. The van der Waals surface area contributed by atoms with Gasteiger partial charge in [-0.05, 0) is 12.0 Å². The first kappa shape index (κ1) is 14.1. The molecule has 0 fully saturated rings. The number of halogens is 3. The minimum atomic E-state index is -4.69. The van der Waals surface area contributed by atoms with Gasteiger partial charge in [0, 0.05) is 25.5 Å². The Kier molecular flexibility index (Phi) is 3.69. The standard InChI is InChI=1S/C14H14F3N3O/c15-14(16,17)21-20-9-8-19-7-6-18-13(19)12(20)10-11-4-2-1-3-5-11/h1-7,12H,8-10H2. The van der Waals surface area contributed by atoms with Crippen molar-refractivity contribution in [2.24, 2.45) is 0 Å². The number of aromatic nitrogens is 2. The van der Waals surface area contributed by atoms with E-state index in [9.17, 15) is 13.2 Å². The third-order valence-electron chi connectivity index (χ3n) is 3.45. The van der Waals surface area contributed by atoms with Gasteiger partial charge in [0.1, 0.15) is 5.82 Å². The molecule has 21 heavy (non-hydrogen) atoms. The molecule has 0 radical (unpaired) electrons. The van der Waals surface area contributed by atoms with Crippen molar-refractivity contribution in [3.8, 4) is 0 Å². The maximum Gasteiger partial charge on any atom is 0.539 e. The summed E-state index contributed by atoms with van der Waals surface area (Å²) in [5.74, 6) is 0.592. The summed E-state index contributed by atoms with van der Waals surface area (Å²) < 4.78 is 39.6. The molecular weight excluding hydrogens is 283 g/mol. The van der Waals surface area contributed by atoms with Gasteiger partial charge in [-0.25, -0.2) is 4.98 Å². The highest BCUT2D eigenvalue weighted by atomic mass is 19.4. The second-order valence-corrected chi connectivity index (χ2v) is 4.86. The van der Waals surface area contributed by atoms with E-state index in [1.54, 1.807) is 12.4 Å². The van der Waals surface area contributed by atoms with Gasteiger partial charge >= 0.3 is 6.36 Å². The largest absolute Gasteiger partial charge is 0.539 e. The molecule has 1 aliphatic rings. The summed E-state index contributed by atoms with van der Waals surface area (Å²) in [7, 11) is 0. The maximum absolute atomic E-state index is 12.6. The molecule has 0 saturated carbocycles. The van der Waals surface area contributed by atoms with E-state index in [1.807, 2.05) is 34.9 Å². The van der Waals surface area contributed by atoms with Gasteiger partial charge in [-0.2, -0.15) is 9.90 Å². The lowest BCUT2D eigenvalue weighted by molar-refractivity contribution is -0.426. The van der Waals surface area contributed by atoms with Crippen LogP contribution in [0.2, 0.25) is 0 Å². The van der Waals surface area contributed by atoms with E-state index in [2.05, 4.69) is 9.82 Å². The Hall–Kier alpha value is -1.86. The zero-order valence-corrected chi connectivity index (χ0v) is 11.1. The van der Waals surface area contributed by atoms with Gasteiger partial charge in [-0.3, -0.25) is 0 Å². The molecule has 1 aromatic heterocycles. The summed E-state index contributed by atoms with van der Waals surface area (Å²) in [6.07, 6.45) is -0.902. The van der Waals surface area contributed by atoms with Crippen LogP contribution in [0.5, 0.6) is 0 Å². The van der Waals surface area contributed by atoms with Crippen LogP contribution in [0.15, 0.2) is 42.7 Å². The second kappa shape index (κ2) is 5.50. The van der Waals surface area contributed by atoms with Gasteiger partial charge in [0.05, 0.1) is 6.04 Å². The number of imidazole rings is 1. The minimum Gasteiger partial charge on any atom is -0.332 e. The van der Waals surface area contributed by atoms with Crippen LogP contribution in [0.3, 0.4) is 0 Å². The number of benzene rings is 1. The highest BCUT2D eigenvalue weighted by Crippen LogP contribution is 2.31. The average Bonchev–Trinajstić information content (AvgIpc) is 2.90. The van der Waals surface area contributed by atoms with E-state index in [1.165, 1.54) is 0 Å². The number of fused-ring (bicyclic) bond motifs is 1. The van der Waals surface area contributed by atoms with Crippen LogP contribution in [0.1, 0.15) is 17.4 Å². The van der Waals surface area contributed by atoms with Gasteiger partial charge in [0.2, 0.25) is 0 Å². The van der Waals surface area contributed by atoms with Gasteiger partial charge < -0.3 is 4.57 Å². The summed E-state index contributed by atoms with van der Waals surface area (Å²) in [5, 5.41) is 0.981. The number of nitrogens with zero attached hydrogens (tertiary/aromatic N) is 3. The smallest absolute Gasteiger partial charge is 0.332 e. The predicted molar refractivity (Wildman–Crippen MR) is 69.0 cm³/mol. The molecule has 1 aliphatic heterocycles. The van der Waals surface area contributed by atoms with Crippen molar-refractivity contribution in [3.63, 3.8) is 0 Å². The SMILES string of the molecule is FC(F)(F)ON1CCn2ccnc2C1Cc1ccccc1. The van der Waals surface area contributed by atoms with Gasteiger partial charge in [-0.15, -0.1) is 13.2 Å². The summed E-state index contributed by atoms with van der Waals surface area (Å²) >= 11 is 0. The van der Waals surface area contributed by atoms with Crippen molar-refractivity contribution >= 4 is 0 Å². The van der Waals surface area contributed by atoms with Crippen molar-refractivity contribution in [3.05, 3.63) is 54.1 Å².